The largest absolute Gasteiger partial charge is 0.0625 e. The SMILES string of the molecule is CC(C)C1CCCC2CC21. The zero-order valence-corrected chi connectivity index (χ0v) is 7.14. The van der Waals surface area contributed by atoms with Crippen LogP contribution in [0.25, 0.3) is 0 Å². The van der Waals surface area contributed by atoms with Crippen LogP contribution in [0.3, 0.4) is 0 Å². The molecule has 0 N–H and O–H groups in total. The monoisotopic (exact) mass is 138 g/mol. The average Bonchev–Trinajstić information content (AvgIpc) is 2.63. The topological polar surface area (TPSA) is 0 Å². The highest BCUT2D eigenvalue weighted by Gasteiger charge is 2.45. The summed E-state index contributed by atoms with van der Waals surface area (Å²) in [4.78, 5) is 0. The lowest BCUT2D eigenvalue weighted by molar-refractivity contribution is 0.259. The van der Waals surface area contributed by atoms with Crippen molar-refractivity contribution >= 4 is 0 Å². The van der Waals surface area contributed by atoms with E-state index in [0.717, 1.165) is 17.8 Å². The van der Waals surface area contributed by atoms with Crippen LogP contribution in [0.4, 0.5) is 0 Å². The first kappa shape index (κ1) is 6.69. The lowest BCUT2D eigenvalue weighted by atomic mass is 9.81. The number of rotatable bonds is 1. The van der Waals surface area contributed by atoms with Crippen LogP contribution >= 0.6 is 0 Å². The molecule has 0 aromatic heterocycles. The van der Waals surface area contributed by atoms with E-state index in [9.17, 15) is 0 Å². The van der Waals surface area contributed by atoms with Crippen LogP contribution in [0.5, 0.6) is 0 Å². The third-order valence-electron chi connectivity index (χ3n) is 3.50. The van der Waals surface area contributed by atoms with Gasteiger partial charge in [-0.25, -0.2) is 0 Å². The smallest absolute Gasteiger partial charge is 0.0352 e. The molecule has 0 aromatic carbocycles. The first-order chi connectivity index (χ1) is 4.79. The molecule has 2 aliphatic rings. The van der Waals surface area contributed by atoms with E-state index < -0.39 is 0 Å². The zero-order chi connectivity index (χ0) is 7.14. The van der Waals surface area contributed by atoms with E-state index >= 15 is 0 Å². The van der Waals surface area contributed by atoms with Crippen LogP contribution in [-0.2, 0) is 0 Å². The molecule has 0 saturated heterocycles. The minimum absolute atomic E-state index is 0.954. The Morgan fingerprint density at radius 1 is 1.20 bits per heavy atom. The van der Waals surface area contributed by atoms with Gasteiger partial charge in [0, 0.05) is 0 Å². The van der Waals surface area contributed by atoms with Crippen LogP contribution in [0.2, 0.25) is 0 Å². The van der Waals surface area contributed by atoms with E-state index in [0.29, 0.717) is 0 Å². The average molecular weight is 138 g/mol. The second-order valence-corrected chi connectivity index (χ2v) is 4.50. The van der Waals surface area contributed by atoms with Crippen LogP contribution in [0, 0.1) is 23.7 Å². The normalized spacial score (nSPS) is 45.3. The number of hydrogen-bond acceptors (Lipinski definition) is 0. The van der Waals surface area contributed by atoms with Gasteiger partial charge in [-0.05, 0) is 36.5 Å². The number of hydrogen-bond donors (Lipinski definition) is 0. The van der Waals surface area contributed by atoms with E-state index in [4.69, 9.17) is 0 Å². The van der Waals surface area contributed by atoms with Crippen molar-refractivity contribution in [3.8, 4) is 0 Å². The van der Waals surface area contributed by atoms with Crippen molar-refractivity contribution in [3.63, 3.8) is 0 Å². The summed E-state index contributed by atoms with van der Waals surface area (Å²) in [6.45, 7) is 4.79. The second kappa shape index (κ2) is 2.25. The van der Waals surface area contributed by atoms with Crippen LogP contribution in [-0.4, -0.2) is 0 Å². The second-order valence-electron chi connectivity index (χ2n) is 4.50. The standard InChI is InChI=1S/C10H18/c1-7(2)9-5-3-4-8-6-10(8)9/h7-10H,3-6H2,1-2H3. The molecular formula is C10H18. The summed E-state index contributed by atoms with van der Waals surface area (Å²) >= 11 is 0. The molecule has 0 spiro atoms. The molecule has 0 heteroatoms. The van der Waals surface area contributed by atoms with Crippen molar-refractivity contribution < 1.29 is 0 Å². The Morgan fingerprint density at radius 3 is 2.60 bits per heavy atom. The minimum Gasteiger partial charge on any atom is -0.0625 e. The minimum atomic E-state index is 0.954. The third-order valence-corrected chi connectivity index (χ3v) is 3.50. The maximum absolute atomic E-state index is 2.39. The molecule has 0 aliphatic heterocycles. The van der Waals surface area contributed by atoms with Crippen molar-refractivity contribution in [2.45, 2.75) is 39.5 Å². The first-order valence-electron chi connectivity index (χ1n) is 4.79. The van der Waals surface area contributed by atoms with Gasteiger partial charge >= 0.3 is 0 Å². The first-order valence-corrected chi connectivity index (χ1v) is 4.79. The Kier molecular flexibility index (Phi) is 1.51. The van der Waals surface area contributed by atoms with Gasteiger partial charge < -0.3 is 0 Å². The van der Waals surface area contributed by atoms with Crippen molar-refractivity contribution in [1.29, 1.82) is 0 Å². The molecule has 0 radical (unpaired) electrons. The highest BCUT2D eigenvalue weighted by Crippen LogP contribution is 2.54. The summed E-state index contributed by atoms with van der Waals surface area (Å²) in [6.07, 6.45) is 6.17. The Bertz CT molecular complexity index is 126. The fraction of sp³-hybridized carbons (Fsp3) is 1.00. The molecule has 2 aliphatic carbocycles. The predicted octanol–water partition coefficient (Wildman–Crippen LogP) is 3.08. The maximum Gasteiger partial charge on any atom is -0.0352 e. The fourth-order valence-corrected chi connectivity index (χ4v) is 2.78. The fourth-order valence-electron chi connectivity index (χ4n) is 2.78. The van der Waals surface area contributed by atoms with Gasteiger partial charge in [0.05, 0.1) is 0 Å². The van der Waals surface area contributed by atoms with Crippen LogP contribution in [0.1, 0.15) is 39.5 Å². The summed E-state index contributed by atoms with van der Waals surface area (Å²) in [5.41, 5.74) is 0. The van der Waals surface area contributed by atoms with E-state index in [-0.39, 0.29) is 0 Å². The van der Waals surface area contributed by atoms with E-state index in [1.54, 1.807) is 12.8 Å². The van der Waals surface area contributed by atoms with E-state index in [1.165, 1.54) is 18.8 Å². The Balaban J connectivity index is 1.96. The molecule has 0 nitrogen and oxygen atoms in total. The van der Waals surface area contributed by atoms with Crippen LogP contribution in [0.15, 0.2) is 0 Å². The Hall–Kier alpha value is 0. The summed E-state index contributed by atoms with van der Waals surface area (Å²) in [7, 11) is 0. The van der Waals surface area contributed by atoms with Crippen molar-refractivity contribution in [2.24, 2.45) is 23.7 Å². The van der Waals surface area contributed by atoms with Gasteiger partial charge in [0.1, 0.15) is 0 Å². The van der Waals surface area contributed by atoms with Gasteiger partial charge in [-0.1, -0.05) is 26.7 Å². The molecule has 0 heterocycles. The highest BCUT2D eigenvalue weighted by atomic mass is 14.5. The molecule has 58 valence electrons. The van der Waals surface area contributed by atoms with Gasteiger partial charge in [-0.3, -0.25) is 0 Å². The third kappa shape index (κ3) is 0.980. The molecule has 3 unspecified atom stereocenters. The molecule has 0 amide bonds. The predicted molar refractivity (Wildman–Crippen MR) is 43.8 cm³/mol. The van der Waals surface area contributed by atoms with Gasteiger partial charge in [-0.2, -0.15) is 0 Å². The summed E-state index contributed by atoms with van der Waals surface area (Å²) in [5.74, 6) is 4.38. The number of fused-ring (bicyclic) bond motifs is 1. The summed E-state index contributed by atoms with van der Waals surface area (Å²) < 4.78 is 0. The Morgan fingerprint density at radius 2 is 2.00 bits per heavy atom. The van der Waals surface area contributed by atoms with Gasteiger partial charge in [0.15, 0.2) is 0 Å². The van der Waals surface area contributed by atoms with Crippen molar-refractivity contribution in [2.75, 3.05) is 0 Å². The van der Waals surface area contributed by atoms with E-state index in [1.807, 2.05) is 0 Å². The van der Waals surface area contributed by atoms with Gasteiger partial charge in [0.25, 0.3) is 0 Å². The molecule has 0 bridgehead atoms. The zero-order valence-electron chi connectivity index (χ0n) is 7.14. The molecular weight excluding hydrogens is 120 g/mol. The summed E-state index contributed by atoms with van der Waals surface area (Å²) in [5, 5.41) is 0. The quantitative estimate of drug-likeness (QED) is 0.522. The van der Waals surface area contributed by atoms with Crippen LogP contribution < -0.4 is 0 Å². The molecule has 10 heavy (non-hydrogen) atoms. The summed E-state index contributed by atoms with van der Waals surface area (Å²) in [6, 6.07) is 0. The van der Waals surface area contributed by atoms with Crippen molar-refractivity contribution in [1.82, 2.24) is 0 Å². The molecule has 0 aromatic rings. The molecule has 3 atom stereocenters. The van der Waals surface area contributed by atoms with Crippen molar-refractivity contribution in [3.05, 3.63) is 0 Å². The van der Waals surface area contributed by atoms with Gasteiger partial charge in [0.2, 0.25) is 0 Å². The van der Waals surface area contributed by atoms with Gasteiger partial charge in [-0.15, -0.1) is 0 Å². The lowest BCUT2D eigenvalue weighted by Crippen LogP contribution is -2.15. The Labute approximate surface area is 64.0 Å². The molecule has 2 fully saturated rings. The molecule has 2 rings (SSSR count). The van der Waals surface area contributed by atoms with E-state index in [2.05, 4.69) is 13.8 Å². The lowest BCUT2D eigenvalue weighted by Gasteiger charge is -2.24. The highest BCUT2D eigenvalue weighted by molar-refractivity contribution is 4.95. The maximum atomic E-state index is 2.39. The molecule has 2 saturated carbocycles.